The van der Waals surface area contributed by atoms with E-state index in [9.17, 15) is 20.1 Å². The van der Waals surface area contributed by atoms with Crippen molar-refractivity contribution in [3.8, 4) is 0 Å². The molecule has 0 aromatic heterocycles. The summed E-state index contributed by atoms with van der Waals surface area (Å²) in [5, 5.41) is 40.0. The molecule has 0 fully saturated rings. The summed E-state index contributed by atoms with van der Waals surface area (Å²) in [7, 11) is 0. The lowest BCUT2D eigenvalue weighted by Crippen LogP contribution is -2.48. The Labute approximate surface area is 177 Å². The summed E-state index contributed by atoms with van der Waals surface area (Å²) in [5.41, 5.74) is 5.75. The lowest BCUT2D eigenvalue weighted by molar-refractivity contribution is -0.122. The van der Waals surface area contributed by atoms with Gasteiger partial charge in [-0.15, -0.1) is 0 Å². The Morgan fingerprint density at radius 3 is 1.69 bits per heavy atom. The second kappa shape index (κ2) is 19.2. The summed E-state index contributed by atoms with van der Waals surface area (Å²) < 4.78 is 0. The van der Waals surface area contributed by atoms with Gasteiger partial charge in [-0.25, -0.2) is 0 Å². The molecule has 0 aromatic carbocycles. The van der Waals surface area contributed by atoms with Gasteiger partial charge in [-0.1, -0.05) is 84.0 Å². The first-order valence-electron chi connectivity index (χ1n) is 11.6. The number of aliphatic hydroxyl groups is 4. The third-order valence-corrected chi connectivity index (χ3v) is 5.32. The van der Waals surface area contributed by atoms with Gasteiger partial charge in [-0.3, -0.25) is 4.79 Å². The fraction of sp³-hybridized carbons (Fsp3) is 0.955. The summed E-state index contributed by atoms with van der Waals surface area (Å²) >= 11 is 0. The second-order valence-corrected chi connectivity index (χ2v) is 8.21. The molecule has 0 aliphatic carbocycles. The molecule has 1 amide bonds. The summed E-state index contributed by atoms with van der Waals surface area (Å²) in [6.07, 6.45) is 11.5. The number of hydrogen-bond donors (Lipinski definition) is 6. The zero-order chi connectivity index (χ0) is 21.9. The van der Waals surface area contributed by atoms with E-state index in [1.54, 1.807) is 0 Å². The molecule has 0 aromatic rings. The van der Waals surface area contributed by atoms with Gasteiger partial charge >= 0.3 is 0 Å². The molecule has 0 radical (unpaired) electrons. The predicted octanol–water partition coefficient (Wildman–Crippen LogP) is 2.33. The predicted molar refractivity (Wildman–Crippen MR) is 116 cm³/mol. The largest absolute Gasteiger partial charge is 0.394 e. The van der Waals surface area contributed by atoms with Crippen LogP contribution in [0.3, 0.4) is 0 Å². The Morgan fingerprint density at radius 2 is 1.24 bits per heavy atom. The number of carbonyl (C=O) groups excluding carboxylic acids is 1. The maximum atomic E-state index is 11.9. The molecule has 7 nitrogen and oxygen atoms in total. The molecule has 174 valence electrons. The van der Waals surface area contributed by atoms with Crippen LogP contribution >= 0.6 is 0 Å². The Hall–Kier alpha value is -0.730. The standard InChI is InChI=1S/C22H46N2O5/c1-2-3-4-5-6-7-8-9-10-11-12-13-14-15-21(28)24-20(23)16-18(26)22(29)19(27)17-25/h18-20,22,25-27,29H,2-17,23H2,1H3,(H,24,28)/t18-,19-,20?,22+/m1/s1. The van der Waals surface area contributed by atoms with E-state index in [1.165, 1.54) is 64.2 Å². The number of nitrogens with two attached hydrogens (primary N) is 1. The molecular formula is C22H46N2O5. The first-order valence-corrected chi connectivity index (χ1v) is 11.6. The van der Waals surface area contributed by atoms with E-state index < -0.39 is 31.1 Å². The van der Waals surface area contributed by atoms with Crippen molar-refractivity contribution in [1.82, 2.24) is 5.32 Å². The van der Waals surface area contributed by atoms with Gasteiger partial charge in [0.2, 0.25) is 5.91 Å². The highest BCUT2D eigenvalue weighted by Gasteiger charge is 2.26. The molecule has 7 N–H and O–H groups in total. The van der Waals surface area contributed by atoms with Crippen LogP contribution < -0.4 is 11.1 Å². The van der Waals surface area contributed by atoms with Gasteiger partial charge in [0.05, 0.1) is 18.9 Å². The Morgan fingerprint density at radius 1 is 0.793 bits per heavy atom. The van der Waals surface area contributed by atoms with Crippen LogP contribution in [0.1, 0.15) is 103 Å². The molecular weight excluding hydrogens is 372 g/mol. The third kappa shape index (κ3) is 16.7. The molecule has 0 bridgehead atoms. The lowest BCUT2D eigenvalue weighted by atomic mass is 10.0. The quantitative estimate of drug-likeness (QED) is 0.133. The van der Waals surface area contributed by atoms with Crippen LogP contribution in [0.2, 0.25) is 0 Å². The van der Waals surface area contributed by atoms with Gasteiger partial charge in [0.25, 0.3) is 0 Å². The third-order valence-electron chi connectivity index (χ3n) is 5.32. The summed E-state index contributed by atoms with van der Waals surface area (Å²) in [6, 6.07) is 0. The second-order valence-electron chi connectivity index (χ2n) is 8.21. The molecule has 1 unspecified atom stereocenters. The van der Waals surface area contributed by atoms with Crippen molar-refractivity contribution >= 4 is 5.91 Å². The highest BCUT2D eigenvalue weighted by Crippen LogP contribution is 2.13. The minimum absolute atomic E-state index is 0.0947. The van der Waals surface area contributed by atoms with E-state index in [1.807, 2.05) is 0 Å². The fourth-order valence-corrected chi connectivity index (χ4v) is 3.41. The van der Waals surface area contributed by atoms with Crippen LogP contribution in [0, 0.1) is 0 Å². The Balaban J connectivity index is 3.53. The first kappa shape index (κ1) is 28.3. The maximum Gasteiger partial charge on any atom is 0.221 e. The zero-order valence-electron chi connectivity index (χ0n) is 18.4. The fourth-order valence-electron chi connectivity index (χ4n) is 3.41. The van der Waals surface area contributed by atoms with Gasteiger partial charge < -0.3 is 31.5 Å². The molecule has 0 spiro atoms. The van der Waals surface area contributed by atoms with Gasteiger partial charge in [-0.05, 0) is 6.42 Å². The van der Waals surface area contributed by atoms with Gasteiger partial charge in [0.15, 0.2) is 0 Å². The molecule has 7 heteroatoms. The number of carbonyl (C=O) groups is 1. The normalized spacial score (nSPS) is 15.7. The number of amides is 1. The number of unbranched alkanes of at least 4 members (excludes halogenated alkanes) is 12. The van der Waals surface area contributed by atoms with Crippen molar-refractivity contribution in [1.29, 1.82) is 0 Å². The average molecular weight is 419 g/mol. The van der Waals surface area contributed by atoms with Crippen LogP contribution in [0.5, 0.6) is 0 Å². The molecule has 0 aliphatic heterocycles. The number of nitrogens with one attached hydrogen (secondary N) is 1. The topological polar surface area (TPSA) is 136 Å². The van der Waals surface area contributed by atoms with Crippen molar-refractivity contribution < 1.29 is 25.2 Å². The highest BCUT2D eigenvalue weighted by atomic mass is 16.4. The summed E-state index contributed by atoms with van der Waals surface area (Å²) in [5.74, 6) is -0.176. The summed E-state index contributed by atoms with van der Waals surface area (Å²) in [6.45, 7) is 1.59. The van der Waals surface area contributed by atoms with Crippen molar-refractivity contribution in [2.75, 3.05) is 6.61 Å². The number of aliphatic hydroxyl groups excluding tert-OH is 4. The lowest BCUT2D eigenvalue weighted by Gasteiger charge is -2.24. The van der Waals surface area contributed by atoms with Crippen LogP contribution in [0.15, 0.2) is 0 Å². The van der Waals surface area contributed by atoms with E-state index in [0.717, 1.165) is 19.3 Å². The maximum absolute atomic E-state index is 11.9. The van der Waals surface area contributed by atoms with Crippen molar-refractivity contribution in [3.63, 3.8) is 0 Å². The number of hydrogen-bond acceptors (Lipinski definition) is 6. The molecule has 4 atom stereocenters. The summed E-state index contributed by atoms with van der Waals surface area (Å²) in [4.78, 5) is 11.9. The smallest absolute Gasteiger partial charge is 0.221 e. The molecule has 0 aliphatic rings. The van der Waals surface area contributed by atoms with Crippen LogP contribution in [0.4, 0.5) is 0 Å². The van der Waals surface area contributed by atoms with Gasteiger partial charge in [-0.2, -0.15) is 0 Å². The van der Waals surface area contributed by atoms with Crippen molar-refractivity contribution in [2.45, 2.75) is 128 Å². The van der Waals surface area contributed by atoms with E-state index in [2.05, 4.69) is 12.2 Å². The zero-order valence-corrected chi connectivity index (χ0v) is 18.4. The Bertz CT molecular complexity index is 384. The van der Waals surface area contributed by atoms with E-state index in [-0.39, 0.29) is 12.3 Å². The van der Waals surface area contributed by atoms with Crippen molar-refractivity contribution in [2.24, 2.45) is 5.73 Å². The molecule has 29 heavy (non-hydrogen) atoms. The van der Waals surface area contributed by atoms with Crippen LogP contribution in [0.25, 0.3) is 0 Å². The molecule has 0 saturated heterocycles. The molecule has 0 rings (SSSR count). The molecule has 0 heterocycles. The van der Waals surface area contributed by atoms with Crippen molar-refractivity contribution in [3.05, 3.63) is 0 Å². The first-order chi connectivity index (χ1) is 13.9. The van der Waals surface area contributed by atoms with E-state index >= 15 is 0 Å². The monoisotopic (exact) mass is 418 g/mol. The Kier molecular flexibility index (Phi) is 18.8. The van der Waals surface area contributed by atoms with E-state index in [4.69, 9.17) is 10.8 Å². The molecule has 0 saturated carbocycles. The minimum atomic E-state index is -1.50. The minimum Gasteiger partial charge on any atom is -0.394 e. The van der Waals surface area contributed by atoms with Gasteiger partial charge in [0, 0.05) is 12.8 Å². The van der Waals surface area contributed by atoms with Crippen LogP contribution in [-0.2, 0) is 4.79 Å². The average Bonchev–Trinajstić information content (AvgIpc) is 2.69. The van der Waals surface area contributed by atoms with E-state index in [0.29, 0.717) is 6.42 Å². The van der Waals surface area contributed by atoms with Gasteiger partial charge in [0.1, 0.15) is 12.2 Å². The van der Waals surface area contributed by atoms with Crippen LogP contribution in [-0.4, -0.2) is 57.4 Å². The number of rotatable bonds is 20. The highest BCUT2D eigenvalue weighted by molar-refractivity contribution is 5.76. The SMILES string of the molecule is CCCCCCCCCCCCCCCC(=O)NC(N)C[C@@H](O)[C@H](O)[C@H](O)CO.